The summed E-state index contributed by atoms with van der Waals surface area (Å²) in [6, 6.07) is 9.22. The molecule has 0 radical (unpaired) electrons. The van der Waals surface area contributed by atoms with Crippen LogP contribution in [0, 0.1) is 5.41 Å². The van der Waals surface area contributed by atoms with Gasteiger partial charge < -0.3 is 10.4 Å². The highest BCUT2D eigenvalue weighted by atomic mass is 16.3. The molecule has 0 aliphatic heterocycles. The summed E-state index contributed by atoms with van der Waals surface area (Å²) in [4.78, 5) is 12.0. The maximum Gasteiger partial charge on any atom is 0.251 e. The zero-order valence-corrected chi connectivity index (χ0v) is 11.3. The highest BCUT2D eigenvalue weighted by molar-refractivity contribution is 5.94. The third-order valence-corrected chi connectivity index (χ3v) is 3.80. The zero-order chi connectivity index (χ0) is 13.4. The second kappa shape index (κ2) is 7.17. The van der Waals surface area contributed by atoms with Gasteiger partial charge in [0, 0.05) is 18.7 Å². The maximum absolute atomic E-state index is 12.0. The summed E-state index contributed by atoms with van der Waals surface area (Å²) in [5.74, 6) is -0.0418. The largest absolute Gasteiger partial charge is 0.396 e. The van der Waals surface area contributed by atoms with Crippen molar-refractivity contribution in [3.63, 3.8) is 0 Å². The molecule has 1 amide bonds. The SMILES string of the molecule is CCC(CC)(CCO)CNC(=O)c1ccccc1. The van der Waals surface area contributed by atoms with E-state index >= 15 is 0 Å². The molecule has 0 aromatic heterocycles. The number of hydrogen-bond donors (Lipinski definition) is 2. The quantitative estimate of drug-likeness (QED) is 0.780. The Bertz CT molecular complexity index is 358. The lowest BCUT2D eigenvalue weighted by molar-refractivity contribution is 0.0907. The molecule has 1 aromatic rings. The summed E-state index contributed by atoms with van der Waals surface area (Å²) in [6.45, 7) is 5.00. The van der Waals surface area contributed by atoms with Crippen molar-refractivity contribution in [2.45, 2.75) is 33.1 Å². The highest BCUT2D eigenvalue weighted by Gasteiger charge is 2.26. The average molecular weight is 249 g/mol. The number of aliphatic hydroxyl groups excluding tert-OH is 1. The number of rotatable bonds is 7. The lowest BCUT2D eigenvalue weighted by Crippen LogP contribution is -2.37. The van der Waals surface area contributed by atoms with E-state index in [-0.39, 0.29) is 17.9 Å². The van der Waals surface area contributed by atoms with Gasteiger partial charge in [0.1, 0.15) is 0 Å². The van der Waals surface area contributed by atoms with Crippen molar-refractivity contribution < 1.29 is 9.90 Å². The first kappa shape index (κ1) is 14.7. The first-order valence-electron chi connectivity index (χ1n) is 6.61. The number of amides is 1. The van der Waals surface area contributed by atoms with Crippen molar-refractivity contribution in [2.24, 2.45) is 5.41 Å². The van der Waals surface area contributed by atoms with E-state index in [0.717, 1.165) is 19.3 Å². The normalized spacial score (nSPS) is 11.3. The first-order chi connectivity index (χ1) is 8.67. The van der Waals surface area contributed by atoms with Crippen LogP contribution in [-0.4, -0.2) is 24.2 Å². The van der Waals surface area contributed by atoms with E-state index < -0.39 is 0 Å². The molecule has 0 aliphatic carbocycles. The molecule has 1 aromatic carbocycles. The number of nitrogens with one attached hydrogen (secondary N) is 1. The van der Waals surface area contributed by atoms with Gasteiger partial charge in [0.15, 0.2) is 0 Å². The van der Waals surface area contributed by atoms with E-state index in [1.165, 1.54) is 0 Å². The molecular formula is C15H23NO2. The molecule has 0 saturated carbocycles. The monoisotopic (exact) mass is 249 g/mol. The van der Waals surface area contributed by atoms with E-state index in [2.05, 4.69) is 19.2 Å². The number of hydrogen-bond acceptors (Lipinski definition) is 2. The molecule has 3 nitrogen and oxygen atoms in total. The van der Waals surface area contributed by atoms with Crippen molar-refractivity contribution in [1.82, 2.24) is 5.32 Å². The topological polar surface area (TPSA) is 49.3 Å². The molecule has 3 heteroatoms. The number of carbonyl (C=O) groups is 1. The minimum atomic E-state index is -0.0418. The lowest BCUT2D eigenvalue weighted by atomic mass is 9.79. The van der Waals surface area contributed by atoms with Gasteiger partial charge in [-0.1, -0.05) is 32.0 Å². The Morgan fingerprint density at radius 3 is 2.33 bits per heavy atom. The van der Waals surface area contributed by atoms with E-state index in [4.69, 9.17) is 5.11 Å². The van der Waals surface area contributed by atoms with Crippen LogP contribution in [0.1, 0.15) is 43.5 Å². The summed E-state index contributed by atoms with van der Waals surface area (Å²) in [6.07, 6.45) is 2.65. The van der Waals surface area contributed by atoms with Gasteiger partial charge >= 0.3 is 0 Å². The first-order valence-corrected chi connectivity index (χ1v) is 6.61. The summed E-state index contributed by atoms with van der Waals surface area (Å²) in [5, 5.41) is 12.1. The van der Waals surface area contributed by atoms with Crippen molar-refractivity contribution in [3.05, 3.63) is 35.9 Å². The molecule has 1 rings (SSSR count). The van der Waals surface area contributed by atoms with E-state index in [0.29, 0.717) is 12.1 Å². The van der Waals surface area contributed by atoms with Crippen LogP contribution in [0.25, 0.3) is 0 Å². The minimum absolute atomic E-state index is 0.0131. The molecule has 0 atom stereocenters. The van der Waals surface area contributed by atoms with Gasteiger partial charge in [0.2, 0.25) is 0 Å². The Labute approximate surface area is 109 Å². The van der Waals surface area contributed by atoms with Gasteiger partial charge in [-0.2, -0.15) is 0 Å². The van der Waals surface area contributed by atoms with Crippen LogP contribution in [0.2, 0.25) is 0 Å². The fraction of sp³-hybridized carbons (Fsp3) is 0.533. The summed E-state index contributed by atoms with van der Waals surface area (Å²) < 4.78 is 0. The summed E-state index contributed by atoms with van der Waals surface area (Å²) in [5.41, 5.74) is 0.696. The Morgan fingerprint density at radius 2 is 1.83 bits per heavy atom. The van der Waals surface area contributed by atoms with Crippen LogP contribution < -0.4 is 5.32 Å². The van der Waals surface area contributed by atoms with Gasteiger partial charge in [0.05, 0.1) is 0 Å². The third kappa shape index (κ3) is 3.84. The van der Waals surface area contributed by atoms with Crippen LogP contribution in [0.4, 0.5) is 0 Å². The Hall–Kier alpha value is -1.35. The van der Waals surface area contributed by atoms with Crippen LogP contribution in [0.5, 0.6) is 0 Å². The number of carbonyl (C=O) groups excluding carboxylic acids is 1. The Balaban J connectivity index is 2.60. The van der Waals surface area contributed by atoms with Gasteiger partial charge in [0.25, 0.3) is 5.91 Å². The minimum Gasteiger partial charge on any atom is -0.396 e. The van der Waals surface area contributed by atoms with Crippen molar-refractivity contribution in [2.75, 3.05) is 13.2 Å². The van der Waals surface area contributed by atoms with Crippen molar-refractivity contribution >= 4 is 5.91 Å². The molecule has 0 heterocycles. The molecule has 0 saturated heterocycles. The molecule has 0 aliphatic rings. The average Bonchev–Trinajstić information content (AvgIpc) is 2.44. The van der Waals surface area contributed by atoms with Crippen molar-refractivity contribution in [1.29, 1.82) is 0 Å². The fourth-order valence-corrected chi connectivity index (χ4v) is 2.14. The van der Waals surface area contributed by atoms with Crippen LogP contribution in [0.3, 0.4) is 0 Å². The van der Waals surface area contributed by atoms with Gasteiger partial charge in [-0.3, -0.25) is 4.79 Å². The van der Waals surface area contributed by atoms with Gasteiger partial charge in [-0.15, -0.1) is 0 Å². The van der Waals surface area contributed by atoms with Crippen LogP contribution >= 0.6 is 0 Å². The molecule has 0 spiro atoms. The van der Waals surface area contributed by atoms with E-state index in [9.17, 15) is 4.79 Å². The van der Waals surface area contributed by atoms with Crippen LogP contribution in [-0.2, 0) is 0 Å². The molecule has 2 N–H and O–H groups in total. The predicted molar refractivity (Wildman–Crippen MR) is 73.5 cm³/mol. The van der Waals surface area contributed by atoms with Crippen LogP contribution in [0.15, 0.2) is 30.3 Å². The summed E-state index contributed by atoms with van der Waals surface area (Å²) in [7, 11) is 0. The number of aliphatic hydroxyl groups is 1. The second-order valence-corrected chi connectivity index (χ2v) is 4.73. The van der Waals surface area contributed by atoms with Gasteiger partial charge in [-0.25, -0.2) is 0 Å². The second-order valence-electron chi connectivity index (χ2n) is 4.73. The summed E-state index contributed by atoms with van der Waals surface area (Å²) >= 11 is 0. The highest BCUT2D eigenvalue weighted by Crippen LogP contribution is 2.29. The standard InChI is InChI=1S/C15H23NO2/c1-3-15(4-2,10-11-17)12-16-14(18)13-8-6-5-7-9-13/h5-9,17H,3-4,10-12H2,1-2H3,(H,16,18). The van der Waals surface area contributed by atoms with E-state index in [1.807, 2.05) is 18.2 Å². The number of benzene rings is 1. The van der Waals surface area contributed by atoms with E-state index in [1.54, 1.807) is 12.1 Å². The Morgan fingerprint density at radius 1 is 1.22 bits per heavy atom. The lowest BCUT2D eigenvalue weighted by Gasteiger charge is -2.31. The third-order valence-electron chi connectivity index (χ3n) is 3.80. The fourth-order valence-electron chi connectivity index (χ4n) is 2.14. The molecule has 0 bridgehead atoms. The molecule has 18 heavy (non-hydrogen) atoms. The van der Waals surface area contributed by atoms with Crippen molar-refractivity contribution in [3.8, 4) is 0 Å². The zero-order valence-electron chi connectivity index (χ0n) is 11.3. The molecule has 100 valence electrons. The van der Waals surface area contributed by atoms with Gasteiger partial charge in [-0.05, 0) is 36.8 Å². The molecule has 0 unspecified atom stereocenters. The maximum atomic E-state index is 12.0. The smallest absolute Gasteiger partial charge is 0.251 e. The Kier molecular flexibility index (Phi) is 5.86. The predicted octanol–water partition coefficient (Wildman–Crippen LogP) is 2.61. The molecule has 0 fully saturated rings. The molecular weight excluding hydrogens is 226 g/mol.